The molecule has 0 amide bonds. The van der Waals surface area contributed by atoms with E-state index < -0.39 is 10.0 Å². The molecule has 5 nitrogen and oxygen atoms in total. The van der Waals surface area contributed by atoms with Gasteiger partial charge >= 0.3 is 0 Å². The minimum atomic E-state index is -3.47. The van der Waals surface area contributed by atoms with E-state index in [1.54, 1.807) is 0 Å². The van der Waals surface area contributed by atoms with E-state index in [0.717, 1.165) is 24.2 Å². The molecule has 1 N–H and O–H groups in total. The lowest BCUT2D eigenvalue weighted by molar-refractivity contribution is 0.560. The first kappa shape index (κ1) is 12.3. The number of hydrogen-bond acceptors (Lipinski definition) is 5. The Labute approximate surface area is 113 Å². The van der Waals surface area contributed by atoms with Crippen molar-refractivity contribution in [3.05, 3.63) is 17.5 Å². The maximum absolute atomic E-state index is 12.2. The molecule has 3 rings (SSSR count). The predicted molar refractivity (Wildman–Crippen MR) is 70.4 cm³/mol. The lowest BCUT2D eigenvalue weighted by Crippen LogP contribution is -2.33. The first-order valence-corrected chi connectivity index (χ1v) is 8.02. The Morgan fingerprint density at radius 3 is 2.89 bits per heavy atom. The van der Waals surface area contributed by atoms with Crippen molar-refractivity contribution < 1.29 is 8.42 Å². The first-order chi connectivity index (χ1) is 8.38. The van der Waals surface area contributed by atoms with E-state index in [-0.39, 0.29) is 15.0 Å². The zero-order valence-electron chi connectivity index (χ0n) is 9.47. The quantitative estimate of drug-likeness (QED) is 0.882. The number of sulfonamides is 1. The van der Waals surface area contributed by atoms with Crippen LogP contribution >= 0.6 is 22.9 Å². The molecule has 96 valence electrons. The summed E-state index contributed by atoms with van der Waals surface area (Å²) in [5.41, 5.74) is 0.277. The van der Waals surface area contributed by atoms with Gasteiger partial charge in [-0.1, -0.05) is 0 Å². The lowest BCUT2D eigenvalue weighted by atomic mass is 10.4. The average Bonchev–Trinajstić information content (AvgIpc) is 2.83. The third-order valence-corrected chi connectivity index (χ3v) is 6.22. The summed E-state index contributed by atoms with van der Waals surface area (Å²) in [5, 5.41) is 0.117. The van der Waals surface area contributed by atoms with Crippen LogP contribution in [-0.4, -0.2) is 23.9 Å². The molecule has 1 aliphatic carbocycles. The predicted octanol–water partition coefficient (Wildman–Crippen LogP) is 2.18. The minimum Gasteiger partial charge on any atom is -0.225 e. The summed E-state index contributed by atoms with van der Waals surface area (Å²) in [5.74, 6) is 0. The van der Waals surface area contributed by atoms with Crippen molar-refractivity contribution in [2.45, 2.75) is 29.5 Å². The normalized spacial score (nSPS) is 18.1. The van der Waals surface area contributed by atoms with Gasteiger partial charge in [0.2, 0.25) is 5.28 Å². The van der Waals surface area contributed by atoms with Gasteiger partial charge in [-0.15, -0.1) is 11.3 Å². The van der Waals surface area contributed by atoms with Crippen molar-refractivity contribution in [1.29, 1.82) is 0 Å². The van der Waals surface area contributed by atoms with E-state index in [0.29, 0.717) is 10.2 Å². The summed E-state index contributed by atoms with van der Waals surface area (Å²) in [6.07, 6.45) is 3.29. The summed E-state index contributed by atoms with van der Waals surface area (Å²) in [7, 11) is -3.47. The van der Waals surface area contributed by atoms with Gasteiger partial charge in [0.15, 0.2) is 0 Å². The highest BCUT2D eigenvalue weighted by molar-refractivity contribution is 7.91. The molecule has 8 heteroatoms. The zero-order valence-corrected chi connectivity index (χ0v) is 11.9. The maximum atomic E-state index is 12.2. The van der Waals surface area contributed by atoms with Crippen molar-refractivity contribution >= 4 is 43.2 Å². The van der Waals surface area contributed by atoms with Gasteiger partial charge in [-0.05, 0) is 37.4 Å². The molecule has 2 aromatic rings. The van der Waals surface area contributed by atoms with E-state index in [2.05, 4.69) is 14.7 Å². The van der Waals surface area contributed by atoms with Crippen LogP contribution in [0, 0.1) is 0 Å². The summed E-state index contributed by atoms with van der Waals surface area (Å²) >= 11 is 6.82. The molecule has 0 atom stereocenters. The second kappa shape index (κ2) is 3.86. The van der Waals surface area contributed by atoms with E-state index >= 15 is 0 Å². The van der Waals surface area contributed by atoms with Crippen LogP contribution in [0.1, 0.15) is 19.8 Å². The van der Waals surface area contributed by atoms with Crippen LogP contribution in [0.2, 0.25) is 5.28 Å². The standard InChI is InChI=1S/C10H10ClN3O2S2/c1-10(2-3-10)14-18(15,16)8-4-6-7(17-8)5-12-9(11)13-6/h4-5,14H,2-3H2,1H3. The molecule has 0 bridgehead atoms. The third-order valence-electron chi connectivity index (χ3n) is 2.86. The summed E-state index contributed by atoms with van der Waals surface area (Å²) in [4.78, 5) is 7.83. The number of nitrogens with one attached hydrogen (secondary N) is 1. The van der Waals surface area contributed by atoms with Crippen LogP contribution in [0.4, 0.5) is 0 Å². The number of fused-ring (bicyclic) bond motifs is 1. The van der Waals surface area contributed by atoms with Crippen LogP contribution in [0.25, 0.3) is 10.2 Å². The number of nitrogens with zero attached hydrogens (tertiary/aromatic N) is 2. The zero-order chi connectivity index (χ0) is 13.0. The molecule has 0 aromatic carbocycles. The molecule has 1 fully saturated rings. The molecule has 0 unspecified atom stereocenters. The number of hydrogen-bond donors (Lipinski definition) is 1. The van der Waals surface area contributed by atoms with Crippen LogP contribution in [0.15, 0.2) is 16.5 Å². The first-order valence-electron chi connectivity index (χ1n) is 5.34. The minimum absolute atomic E-state index is 0.117. The van der Waals surface area contributed by atoms with Gasteiger partial charge < -0.3 is 0 Å². The van der Waals surface area contributed by atoms with Gasteiger partial charge in [-0.3, -0.25) is 0 Å². The molecule has 0 aliphatic heterocycles. The van der Waals surface area contributed by atoms with Crippen LogP contribution in [-0.2, 0) is 10.0 Å². The summed E-state index contributed by atoms with van der Waals surface area (Å²) < 4.78 is 28.0. The number of halogens is 1. The second-order valence-corrected chi connectivity index (χ2v) is 7.95. The highest BCUT2D eigenvalue weighted by atomic mass is 35.5. The number of thiophene rings is 1. The Morgan fingerprint density at radius 1 is 1.50 bits per heavy atom. The van der Waals surface area contributed by atoms with Crippen molar-refractivity contribution in [1.82, 2.24) is 14.7 Å². The maximum Gasteiger partial charge on any atom is 0.250 e. The molecular weight excluding hydrogens is 294 g/mol. The van der Waals surface area contributed by atoms with Crippen LogP contribution in [0.5, 0.6) is 0 Å². The fourth-order valence-corrected chi connectivity index (χ4v) is 4.48. The van der Waals surface area contributed by atoms with E-state index in [4.69, 9.17) is 11.6 Å². The second-order valence-electron chi connectivity index (χ2n) is 4.62. The number of rotatable bonds is 3. The Bertz CT molecular complexity index is 722. The van der Waals surface area contributed by atoms with Gasteiger partial charge in [-0.2, -0.15) is 0 Å². The average molecular weight is 304 g/mol. The molecule has 0 saturated heterocycles. The van der Waals surface area contributed by atoms with Crippen molar-refractivity contribution in [2.24, 2.45) is 0 Å². The topological polar surface area (TPSA) is 72.0 Å². The van der Waals surface area contributed by atoms with E-state index in [9.17, 15) is 8.42 Å². The molecule has 2 heterocycles. The van der Waals surface area contributed by atoms with E-state index in [1.807, 2.05) is 6.92 Å². The fraction of sp³-hybridized carbons (Fsp3) is 0.400. The summed E-state index contributed by atoms with van der Waals surface area (Å²) in [6.45, 7) is 1.90. The molecule has 1 saturated carbocycles. The molecule has 1 aliphatic rings. The highest BCUT2D eigenvalue weighted by Crippen LogP contribution is 2.37. The fourth-order valence-electron chi connectivity index (χ4n) is 1.59. The smallest absolute Gasteiger partial charge is 0.225 e. The Kier molecular flexibility index (Phi) is 2.64. The Hall–Kier alpha value is -0.760. The molecule has 0 radical (unpaired) electrons. The molecule has 18 heavy (non-hydrogen) atoms. The van der Waals surface area contributed by atoms with Gasteiger partial charge in [0, 0.05) is 11.7 Å². The van der Waals surface area contributed by atoms with Crippen molar-refractivity contribution in [2.75, 3.05) is 0 Å². The van der Waals surface area contributed by atoms with Crippen molar-refractivity contribution in [3.8, 4) is 0 Å². The third kappa shape index (κ3) is 2.23. The molecule has 0 spiro atoms. The highest BCUT2D eigenvalue weighted by Gasteiger charge is 2.41. The van der Waals surface area contributed by atoms with Crippen LogP contribution in [0.3, 0.4) is 0 Å². The Morgan fingerprint density at radius 2 is 2.22 bits per heavy atom. The van der Waals surface area contributed by atoms with Gasteiger partial charge in [0.1, 0.15) is 4.21 Å². The van der Waals surface area contributed by atoms with Crippen LogP contribution < -0.4 is 4.72 Å². The largest absolute Gasteiger partial charge is 0.250 e. The molecule has 2 aromatic heterocycles. The van der Waals surface area contributed by atoms with Crippen molar-refractivity contribution in [3.63, 3.8) is 0 Å². The van der Waals surface area contributed by atoms with E-state index in [1.165, 1.54) is 12.3 Å². The monoisotopic (exact) mass is 303 g/mol. The SMILES string of the molecule is CC1(NS(=O)(=O)c2cc3nc(Cl)ncc3s2)CC1. The lowest BCUT2D eigenvalue weighted by Gasteiger charge is -2.09. The summed E-state index contributed by atoms with van der Waals surface area (Å²) in [6, 6.07) is 1.53. The molecular formula is C10H10ClN3O2S2. The Balaban J connectivity index is 2.03. The number of aromatic nitrogens is 2. The van der Waals surface area contributed by atoms with Gasteiger partial charge in [-0.25, -0.2) is 23.1 Å². The van der Waals surface area contributed by atoms with Gasteiger partial charge in [0.25, 0.3) is 10.0 Å². The van der Waals surface area contributed by atoms with Gasteiger partial charge in [0.05, 0.1) is 10.2 Å².